The fraction of sp³-hybridized carbons (Fsp3) is 0.381. The van der Waals surface area contributed by atoms with E-state index in [1.54, 1.807) is 0 Å². The van der Waals surface area contributed by atoms with Gasteiger partial charge in [-0.15, -0.1) is 0 Å². The van der Waals surface area contributed by atoms with Crippen LogP contribution in [0.3, 0.4) is 0 Å². The molecule has 27 heavy (non-hydrogen) atoms. The van der Waals surface area contributed by atoms with E-state index >= 15 is 0 Å². The lowest BCUT2D eigenvalue weighted by Gasteiger charge is -2.39. The number of hydrogen-bond donors (Lipinski definition) is 1. The Morgan fingerprint density at radius 2 is 1.67 bits per heavy atom. The molecule has 4 rings (SSSR count). The van der Waals surface area contributed by atoms with E-state index in [4.69, 9.17) is 0 Å². The maximum absolute atomic E-state index is 13.3. The molecule has 0 saturated carbocycles. The van der Waals surface area contributed by atoms with Crippen molar-refractivity contribution in [3.63, 3.8) is 0 Å². The highest BCUT2D eigenvalue weighted by Crippen LogP contribution is 2.33. The van der Waals surface area contributed by atoms with E-state index < -0.39 is 0 Å². The molecule has 1 saturated heterocycles. The highest BCUT2D eigenvalue weighted by molar-refractivity contribution is 5.76. The second-order valence-electron chi connectivity index (χ2n) is 7.27. The molecule has 1 N–H and O–H groups in total. The zero-order valence-corrected chi connectivity index (χ0v) is 15.5. The molecule has 4 nitrogen and oxygen atoms in total. The Morgan fingerprint density at radius 3 is 2.41 bits per heavy atom. The predicted octanol–water partition coefficient (Wildman–Crippen LogP) is 3.92. The van der Waals surface area contributed by atoms with Crippen LogP contribution in [0.4, 0.5) is 25.8 Å². The van der Waals surface area contributed by atoms with Crippen molar-refractivity contribution in [2.75, 3.05) is 47.8 Å². The second kappa shape index (κ2) is 7.72. The molecular formula is C21H25F2N4. The first kappa shape index (κ1) is 18.0. The fourth-order valence-corrected chi connectivity index (χ4v) is 3.86. The monoisotopic (exact) mass is 371 g/mol. The number of anilines is 3. The highest BCUT2D eigenvalue weighted by atomic mass is 19.1. The van der Waals surface area contributed by atoms with Gasteiger partial charge in [-0.1, -0.05) is 0 Å². The molecule has 2 aliphatic rings. The minimum atomic E-state index is -0.219. The van der Waals surface area contributed by atoms with Crippen molar-refractivity contribution in [3.8, 4) is 0 Å². The van der Waals surface area contributed by atoms with Gasteiger partial charge in [-0.25, -0.2) is 8.78 Å². The van der Waals surface area contributed by atoms with Crippen molar-refractivity contribution < 1.29 is 8.78 Å². The van der Waals surface area contributed by atoms with Gasteiger partial charge in [-0.3, -0.25) is 4.90 Å². The predicted molar refractivity (Wildman–Crippen MR) is 106 cm³/mol. The third-order valence-electron chi connectivity index (χ3n) is 5.56. The maximum atomic E-state index is 13.3. The number of fused-ring (bicyclic) bond motifs is 1. The van der Waals surface area contributed by atoms with Gasteiger partial charge in [0.25, 0.3) is 0 Å². The topological polar surface area (TPSA) is 21.8 Å². The summed E-state index contributed by atoms with van der Waals surface area (Å²) >= 11 is 0. The molecule has 1 atom stereocenters. The number of nitrogens with one attached hydrogen (secondary N) is 1. The summed E-state index contributed by atoms with van der Waals surface area (Å²) in [5, 5.41) is 3.14. The van der Waals surface area contributed by atoms with Crippen molar-refractivity contribution in [3.05, 3.63) is 60.8 Å². The number of benzene rings is 2. The van der Waals surface area contributed by atoms with Crippen molar-refractivity contribution >= 4 is 17.1 Å². The van der Waals surface area contributed by atoms with E-state index in [0.29, 0.717) is 6.04 Å². The lowest BCUT2D eigenvalue weighted by atomic mass is 10.1. The van der Waals surface area contributed by atoms with Crippen molar-refractivity contribution in [2.45, 2.75) is 19.4 Å². The molecule has 6 heteroatoms. The summed E-state index contributed by atoms with van der Waals surface area (Å²) in [6.07, 6.45) is 1.03. The normalized spacial score (nSPS) is 18.3. The standard InChI is InChI=1S/C21H25F2N4/c1-16(8-9-27-15-24-20-14-18(23)4-7-21(20)27)25-10-12-26(13-11-25)19-5-2-17(22)3-6-19/h2-7,14-16,24H,8-13H2,1H3. The summed E-state index contributed by atoms with van der Waals surface area (Å²) in [6.45, 7) is 8.99. The van der Waals surface area contributed by atoms with Gasteiger partial charge in [0.2, 0.25) is 0 Å². The van der Waals surface area contributed by atoms with Crippen LogP contribution in [0.15, 0.2) is 42.5 Å². The van der Waals surface area contributed by atoms with Crippen LogP contribution in [-0.2, 0) is 0 Å². The molecule has 0 amide bonds. The van der Waals surface area contributed by atoms with E-state index in [2.05, 4.69) is 26.9 Å². The summed E-state index contributed by atoms with van der Waals surface area (Å²) < 4.78 is 26.4. The number of halogens is 2. The van der Waals surface area contributed by atoms with E-state index in [1.165, 1.54) is 24.3 Å². The summed E-state index contributed by atoms with van der Waals surface area (Å²) in [7, 11) is 0. The molecule has 1 fully saturated rings. The fourth-order valence-electron chi connectivity index (χ4n) is 3.86. The van der Waals surface area contributed by atoms with Gasteiger partial charge in [0.05, 0.1) is 11.4 Å². The summed E-state index contributed by atoms with van der Waals surface area (Å²) in [6, 6.07) is 12.1. The Labute approximate surface area is 159 Å². The maximum Gasteiger partial charge on any atom is 0.139 e. The molecule has 0 spiro atoms. The summed E-state index contributed by atoms with van der Waals surface area (Å²) in [4.78, 5) is 6.97. The highest BCUT2D eigenvalue weighted by Gasteiger charge is 2.24. The van der Waals surface area contributed by atoms with E-state index in [0.717, 1.165) is 56.2 Å². The molecule has 1 radical (unpaired) electrons. The number of piperazine rings is 1. The van der Waals surface area contributed by atoms with Gasteiger partial charge < -0.3 is 15.1 Å². The van der Waals surface area contributed by atoms with E-state index in [-0.39, 0.29) is 11.6 Å². The van der Waals surface area contributed by atoms with Crippen molar-refractivity contribution in [1.29, 1.82) is 0 Å². The van der Waals surface area contributed by atoms with Gasteiger partial charge in [0.15, 0.2) is 0 Å². The number of nitrogens with zero attached hydrogens (tertiary/aromatic N) is 3. The molecule has 2 aromatic carbocycles. The average Bonchev–Trinajstić information content (AvgIpc) is 3.09. The number of rotatable bonds is 5. The molecule has 0 aliphatic carbocycles. The van der Waals surface area contributed by atoms with Crippen LogP contribution in [0, 0.1) is 18.3 Å². The summed E-state index contributed by atoms with van der Waals surface area (Å²) in [5.41, 5.74) is 2.95. The first-order chi connectivity index (χ1) is 13.1. The van der Waals surface area contributed by atoms with Crippen LogP contribution in [0.2, 0.25) is 0 Å². The summed E-state index contributed by atoms with van der Waals surface area (Å²) in [5.74, 6) is -0.410. The second-order valence-corrected chi connectivity index (χ2v) is 7.27. The Kier molecular flexibility index (Phi) is 5.16. The molecule has 2 heterocycles. The number of hydrogen-bond acceptors (Lipinski definition) is 4. The van der Waals surface area contributed by atoms with Crippen LogP contribution >= 0.6 is 0 Å². The Hall–Kier alpha value is -2.34. The Balaban J connectivity index is 1.27. The van der Waals surface area contributed by atoms with Crippen molar-refractivity contribution in [1.82, 2.24) is 4.90 Å². The van der Waals surface area contributed by atoms with Gasteiger partial charge >= 0.3 is 0 Å². The van der Waals surface area contributed by atoms with Crippen LogP contribution in [0.25, 0.3) is 0 Å². The molecule has 2 aliphatic heterocycles. The quantitative estimate of drug-likeness (QED) is 0.860. The zero-order valence-electron chi connectivity index (χ0n) is 15.5. The Bertz CT molecular complexity index is 772. The van der Waals surface area contributed by atoms with Gasteiger partial charge in [-0.2, -0.15) is 0 Å². The Morgan fingerprint density at radius 1 is 0.963 bits per heavy atom. The average molecular weight is 371 g/mol. The first-order valence-corrected chi connectivity index (χ1v) is 9.51. The van der Waals surface area contributed by atoms with Crippen LogP contribution in [0.1, 0.15) is 13.3 Å². The van der Waals surface area contributed by atoms with Crippen LogP contribution < -0.4 is 15.1 Å². The van der Waals surface area contributed by atoms with Gasteiger partial charge in [0, 0.05) is 44.5 Å². The SMILES string of the molecule is CC(CCN1[CH]Nc2cc(F)ccc21)N1CCN(c2ccc(F)cc2)CC1. The van der Waals surface area contributed by atoms with E-state index in [9.17, 15) is 8.78 Å². The van der Waals surface area contributed by atoms with E-state index in [1.807, 2.05) is 24.9 Å². The van der Waals surface area contributed by atoms with Gasteiger partial charge in [-0.05, 0) is 55.8 Å². The zero-order chi connectivity index (χ0) is 18.8. The largest absolute Gasteiger partial charge is 0.369 e. The van der Waals surface area contributed by atoms with Gasteiger partial charge in [0.1, 0.15) is 18.3 Å². The van der Waals surface area contributed by atoms with Crippen LogP contribution in [-0.4, -0.2) is 43.7 Å². The third-order valence-corrected chi connectivity index (χ3v) is 5.56. The molecule has 143 valence electrons. The first-order valence-electron chi connectivity index (χ1n) is 9.51. The van der Waals surface area contributed by atoms with Crippen molar-refractivity contribution in [2.24, 2.45) is 0 Å². The lowest BCUT2D eigenvalue weighted by molar-refractivity contribution is 0.190. The molecule has 2 aromatic rings. The minimum Gasteiger partial charge on any atom is -0.369 e. The molecule has 0 bridgehead atoms. The molecular weight excluding hydrogens is 346 g/mol. The van der Waals surface area contributed by atoms with Crippen LogP contribution in [0.5, 0.6) is 0 Å². The third kappa shape index (κ3) is 4.00. The molecule has 0 aromatic heterocycles. The smallest absolute Gasteiger partial charge is 0.139 e. The minimum absolute atomic E-state index is 0.191. The lowest BCUT2D eigenvalue weighted by Crippen LogP contribution is -2.50. The molecule has 1 unspecified atom stereocenters.